The van der Waals surface area contributed by atoms with Crippen molar-refractivity contribution < 1.29 is 36.6 Å². The highest BCUT2D eigenvalue weighted by molar-refractivity contribution is 5.72. The van der Waals surface area contributed by atoms with Crippen LogP contribution in [0.4, 0.5) is 22.0 Å². The topological polar surface area (TPSA) is 83.2 Å². The van der Waals surface area contributed by atoms with Crippen molar-refractivity contribution in [3.63, 3.8) is 0 Å². The van der Waals surface area contributed by atoms with Crippen molar-refractivity contribution in [1.29, 1.82) is 5.26 Å². The van der Waals surface area contributed by atoms with Crippen LogP contribution in [0.25, 0.3) is 0 Å². The number of nitrogens with zero attached hydrogens (tertiary/aromatic N) is 2. The predicted molar refractivity (Wildman–Crippen MR) is 51.9 cm³/mol. The number of halogens is 5. The number of nitriles is 1. The van der Waals surface area contributed by atoms with Gasteiger partial charge in [-0.05, 0) is 0 Å². The van der Waals surface area contributed by atoms with E-state index in [1.807, 2.05) is 0 Å². The van der Waals surface area contributed by atoms with E-state index in [1.165, 1.54) is 6.07 Å². The van der Waals surface area contributed by atoms with E-state index in [0.29, 0.717) is 6.20 Å². The lowest BCUT2D eigenvalue weighted by molar-refractivity contribution is -0.275. The average molecular weight is 296 g/mol. The maximum atomic E-state index is 12.6. The van der Waals surface area contributed by atoms with Crippen LogP contribution in [0.2, 0.25) is 0 Å². The minimum Gasteiger partial charge on any atom is -0.481 e. The van der Waals surface area contributed by atoms with Gasteiger partial charge in [0.1, 0.15) is 17.3 Å². The number of aliphatic carboxylic acids is 1. The Kier molecular flexibility index (Phi) is 4.44. The van der Waals surface area contributed by atoms with Crippen molar-refractivity contribution in [2.45, 2.75) is 19.2 Å². The van der Waals surface area contributed by atoms with Crippen LogP contribution in [0.5, 0.6) is 5.75 Å². The number of hydrogen-bond donors (Lipinski definition) is 1. The molecule has 10 heteroatoms. The van der Waals surface area contributed by atoms with Gasteiger partial charge in [-0.2, -0.15) is 5.26 Å². The molecule has 0 unspecified atom stereocenters. The fourth-order valence-corrected chi connectivity index (χ4v) is 1.34. The van der Waals surface area contributed by atoms with E-state index in [2.05, 4.69) is 9.72 Å². The minimum absolute atomic E-state index is 0.455. The molecule has 1 aromatic heterocycles. The molecule has 0 aliphatic heterocycles. The summed E-state index contributed by atoms with van der Waals surface area (Å²) in [7, 11) is 0. The molecule has 0 atom stereocenters. The summed E-state index contributed by atoms with van der Waals surface area (Å²) in [6.45, 7) is 0. The third kappa shape index (κ3) is 3.78. The average Bonchev–Trinajstić information content (AvgIpc) is 2.25. The van der Waals surface area contributed by atoms with Gasteiger partial charge in [-0.15, -0.1) is 13.2 Å². The zero-order valence-electron chi connectivity index (χ0n) is 9.41. The van der Waals surface area contributed by atoms with E-state index < -0.39 is 47.7 Å². The van der Waals surface area contributed by atoms with Crippen LogP contribution in [-0.2, 0) is 11.2 Å². The Morgan fingerprint density at radius 3 is 2.50 bits per heavy atom. The highest BCUT2D eigenvalue weighted by Crippen LogP contribution is 2.35. The maximum absolute atomic E-state index is 12.6. The quantitative estimate of drug-likeness (QED) is 0.863. The Labute approximate surface area is 108 Å². The molecule has 0 radical (unpaired) electrons. The number of ether oxygens (including phenoxy) is 1. The van der Waals surface area contributed by atoms with Gasteiger partial charge in [0.15, 0.2) is 5.75 Å². The number of carboxylic acids is 1. The first-order valence-electron chi connectivity index (χ1n) is 4.83. The molecule has 0 bridgehead atoms. The fourth-order valence-electron chi connectivity index (χ4n) is 1.34. The fraction of sp³-hybridized carbons (Fsp3) is 0.300. The molecule has 1 N–H and O–H groups in total. The maximum Gasteiger partial charge on any atom is 0.573 e. The standard InChI is InChI=1S/C10H5F5N2O3/c11-9(12)7-8(20-10(13,14)15)5(2-16)4(3-17-7)1-6(18)19/h3,9H,1H2,(H,18,19). The molecule has 0 aliphatic carbocycles. The van der Waals surface area contributed by atoms with Gasteiger partial charge in [-0.25, -0.2) is 8.78 Å². The summed E-state index contributed by atoms with van der Waals surface area (Å²) in [5, 5.41) is 17.3. The van der Waals surface area contributed by atoms with Crippen molar-refractivity contribution in [3.05, 3.63) is 23.0 Å². The van der Waals surface area contributed by atoms with E-state index in [0.717, 1.165) is 0 Å². The normalized spacial score (nSPS) is 11.2. The molecular weight excluding hydrogens is 291 g/mol. The van der Waals surface area contributed by atoms with Gasteiger partial charge in [-0.3, -0.25) is 9.78 Å². The molecule has 1 rings (SSSR count). The molecule has 0 aromatic carbocycles. The molecule has 20 heavy (non-hydrogen) atoms. The van der Waals surface area contributed by atoms with Gasteiger partial charge < -0.3 is 9.84 Å². The molecule has 1 heterocycles. The van der Waals surface area contributed by atoms with Gasteiger partial charge in [0.25, 0.3) is 6.43 Å². The number of pyridine rings is 1. The summed E-state index contributed by atoms with van der Waals surface area (Å²) in [5.74, 6) is -2.94. The first kappa shape index (κ1) is 15.6. The first-order chi connectivity index (χ1) is 9.15. The van der Waals surface area contributed by atoms with Crippen molar-refractivity contribution in [2.75, 3.05) is 0 Å². The van der Waals surface area contributed by atoms with Crippen molar-refractivity contribution in [1.82, 2.24) is 4.98 Å². The van der Waals surface area contributed by atoms with Gasteiger partial charge in [-0.1, -0.05) is 0 Å². The lowest BCUT2D eigenvalue weighted by Crippen LogP contribution is -2.20. The first-order valence-corrected chi connectivity index (χ1v) is 4.83. The third-order valence-corrected chi connectivity index (χ3v) is 2.02. The van der Waals surface area contributed by atoms with E-state index in [1.54, 1.807) is 0 Å². The largest absolute Gasteiger partial charge is 0.573 e. The molecule has 1 aromatic rings. The second-order valence-corrected chi connectivity index (χ2v) is 3.40. The van der Waals surface area contributed by atoms with Crippen LogP contribution in [0.3, 0.4) is 0 Å². The second kappa shape index (κ2) is 5.68. The van der Waals surface area contributed by atoms with E-state index in [4.69, 9.17) is 10.4 Å². The Bertz CT molecular complexity index is 565. The van der Waals surface area contributed by atoms with Gasteiger partial charge in [0.05, 0.1) is 6.42 Å². The summed E-state index contributed by atoms with van der Waals surface area (Å²) < 4.78 is 65.1. The third-order valence-electron chi connectivity index (χ3n) is 2.02. The molecular formula is C10H5F5N2O3. The molecule has 108 valence electrons. The summed E-state index contributed by atoms with van der Waals surface area (Å²) in [5.41, 5.74) is -2.77. The molecule has 0 saturated carbocycles. The molecule has 0 aliphatic rings. The molecule has 0 spiro atoms. The molecule has 0 amide bonds. The van der Waals surface area contributed by atoms with E-state index >= 15 is 0 Å². The Hall–Kier alpha value is -2.44. The summed E-state index contributed by atoms with van der Waals surface area (Å²) in [6, 6.07) is 1.23. The summed E-state index contributed by atoms with van der Waals surface area (Å²) in [4.78, 5) is 13.5. The van der Waals surface area contributed by atoms with E-state index in [-0.39, 0.29) is 0 Å². The second-order valence-electron chi connectivity index (χ2n) is 3.40. The highest BCUT2D eigenvalue weighted by atomic mass is 19.4. The highest BCUT2D eigenvalue weighted by Gasteiger charge is 2.36. The number of alkyl halides is 5. The van der Waals surface area contributed by atoms with Crippen LogP contribution in [0.15, 0.2) is 6.20 Å². The monoisotopic (exact) mass is 296 g/mol. The van der Waals surface area contributed by atoms with Gasteiger partial charge >= 0.3 is 12.3 Å². The summed E-state index contributed by atoms with van der Waals surface area (Å²) in [6.07, 6.45) is -8.98. The zero-order chi connectivity index (χ0) is 15.5. The van der Waals surface area contributed by atoms with Crippen molar-refractivity contribution >= 4 is 5.97 Å². The Balaban J connectivity index is 3.47. The van der Waals surface area contributed by atoms with Crippen LogP contribution in [-0.4, -0.2) is 22.4 Å². The molecule has 0 saturated heterocycles. The number of aromatic nitrogens is 1. The minimum atomic E-state index is -5.32. The number of carboxylic acid groups (broad SMARTS) is 1. The van der Waals surface area contributed by atoms with Crippen LogP contribution in [0.1, 0.15) is 23.2 Å². The zero-order valence-corrected chi connectivity index (χ0v) is 9.41. The number of carbonyl (C=O) groups is 1. The van der Waals surface area contributed by atoms with Crippen LogP contribution >= 0.6 is 0 Å². The van der Waals surface area contributed by atoms with Gasteiger partial charge in [0.2, 0.25) is 0 Å². The van der Waals surface area contributed by atoms with E-state index in [9.17, 15) is 26.7 Å². The SMILES string of the molecule is N#Cc1c(CC(=O)O)cnc(C(F)F)c1OC(F)(F)F. The smallest absolute Gasteiger partial charge is 0.481 e. The molecule has 5 nitrogen and oxygen atoms in total. The number of rotatable bonds is 4. The number of hydrogen-bond acceptors (Lipinski definition) is 4. The predicted octanol–water partition coefficient (Wildman–Crippen LogP) is 2.42. The van der Waals surface area contributed by atoms with Gasteiger partial charge in [0, 0.05) is 11.8 Å². The summed E-state index contributed by atoms with van der Waals surface area (Å²) >= 11 is 0. The van der Waals surface area contributed by atoms with Crippen molar-refractivity contribution in [2.24, 2.45) is 0 Å². The van der Waals surface area contributed by atoms with Crippen LogP contribution < -0.4 is 4.74 Å². The Morgan fingerprint density at radius 1 is 1.50 bits per heavy atom. The lowest BCUT2D eigenvalue weighted by Gasteiger charge is -2.15. The Morgan fingerprint density at radius 2 is 2.10 bits per heavy atom. The molecule has 0 fully saturated rings. The van der Waals surface area contributed by atoms with Crippen molar-refractivity contribution in [3.8, 4) is 11.8 Å². The van der Waals surface area contributed by atoms with Crippen LogP contribution in [0, 0.1) is 11.3 Å². The lowest BCUT2D eigenvalue weighted by atomic mass is 10.1.